The van der Waals surface area contributed by atoms with Gasteiger partial charge in [0.05, 0.1) is 6.04 Å². The number of carbonyl (C=O) groups is 1. The summed E-state index contributed by atoms with van der Waals surface area (Å²) in [6.07, 6.45) is 9.90. The van der Waals surface area contributed by atoms with Crippen molar-refractivity contribution >= 4 is 22.4 Å². The van der Waals surface area contributed by atoms with Gasteiger partial charge in [0.2, 0.25) is 0 Å². The van der Waals surface area contributed by atoms with E-state index in [4.69, 9.17) is 4.74 Å². The predicted octanol–water partition coefficient (Wildman–Crippen LogP) is 5.58. The number of benzene rings is 2. The number of nitrogens with zero attached hydrogens (tertiary/aromatic N) is 2. The van der Waals surface area contributed by atoms with E-state index in [9.17, 15) is 4.79 Å². The normalized spacial score (nSPS) is 21.0. The Morgan fingerprint density at radius 1 is 1.07 bits per heavy atom. The van der Waals surface area contributed by atoms with Crippen molar-refractivity contribution in [2.45, 2.75) is 44.4 Å². The molecular weight excluding hydrogens is 360 g/mol. The van der Waals surface area contributed by atoms with Crippen LogP contribution in [0.1, 0.15) is 36.8 Å². The number of ether oxygens (including phenoxy) is 1. The van der Waals surface area contributed by atoms with Crippen LogP contribution in [0.3, 0.4) is 0 Å². The lowest BCUT2D eigenvalue weighted by Crippen LogP contribution is -2.51. The van der Waals surface area contributed by atoms with Gasteiger partial charge in [-0.15, -0.1) is 0 Å². The van der Waals surface area contributed by atoms with E-state index in [2.05, 4.69) is 35.3 Å². The van der Waals surface area contributed by atoms with Crippen LogP contribution in [0.25, 0.3) is 16.3 Å². The molecule has 2 atom stereocenters. The molecular formula is C25H24N2O2. The van der Waals surface area contributed by atoms with Crippen LogP contribution in [-0.2, 0) is 11.3 Å². The van der Waals surface area contributed by atoms with Crippen LogP contribution < -0.4 is 0 Å². The van der Waals surface area contributed by atoms with Crippen molar-refractivity contribution in [1.29, 1.82) is 0 Å². The molecule has 2 aromatic carbocycles. The second-order valence-electron chi connectivity index (χ2n) is 7.90. The van der Waals surface area contributed by atoms with E-state index in [1.165, 1.54) is 21.9 Å². The van der Waals surface area contributed by atoms with Gasteiger partial charge in [0, 0.05) is 23.8 Å². The third-order valence-electron chi connectivity index (χ3n) is 6.08. The molecule has 146 valence electrons. The topological polar surface area (TPSA) is 42.4 Å². The lowest BCUT2D eigenvalue weighted by Gasteiger charge is -2.44. The first-order chi connectivity index (χ1) is 14.3. The number of hydrogen-bond acceptors (Lipinski definition) is 3. The number of fused-ring (bicyclic) bond motifs is 3. The Morgan fingerprint density at radius 3 is 2.83 bits per heavy atom. The summed E-state index contributed by atoms with van der Waals surface area (Å²) >= 11 is 0. The second kappa shape index (κ2) is 7.70. The molecule has 1 saturated heterocycles. The molecule has 0 spiro atoms. The molecule has 0 N–H and O–H groups in total. The zero-order valence-corrected chi connectivity index (χ0v) is 16.3. The first-order valence-corrected chi connectivity index (χ1v) is 10.3. The molecule has 2 aliphatic heterocycles. The van der Waals surface area contributed by atoms with E-state index in [1.54, 1.807) is 0 Å². The van der Waals surface area contributed by atoms with Crippen LogP contribution >= 0.6 is 0 Å². The third kappa shape index (κ3) is 3.51. The average molecular weight is 384 g/mol. The maximum absolute atomic E-state index is 12.9. The highest BCUT2D eigenvalue weighted by Crippen LogP contribution is 2.39. The van der Waals surface area contributed by atoms with E-state index in [0.717, 1.165) is 31.2 Å². The van der Waals surface area contributed by atoms with Gasteiger partial charge < -0.3 is 4.74 Å². The zero-order chi connectivity index (χ0) is 19.6. The zero-order valence-electron chi connectivity index (χ0n) is 16.3. The number of piperidine rings is 1. The smallest absolute Gasteiger partial charge is 0.410 e. The minimum Gasteiger partial charge on any atom is -0.445 e. The van der Waals surface area contributed by atoms with E-state index in [-0.39, 0.29) is 18.2 Å². The molecule has 3 aromatic rings. The molecule has 4 nitrogen and oxygen atoms in total. The molecule has 1 fully saturated rings. The highest BCUT2D eigenvalue weighted by Gasteiger charge is 2.38. The lowest BCUT2D eigenvalue weighted by molar-refractivity contribution is 0.0510. The van der Waals surface area contributed by atoms with E-state index in [0.29, 0.717) is 6.61 Å². The fraction of sp³-hybridized carbons (Fsp3) is 0.280. The minimum atomic E-state index is -0.196. The molecule has 29 heavy (non-hydrogen) atoms. The molecule has 0 aliphatic carbocycles. The SMILES string of the molecule is O=C(OCc1ccccc1)N1C2C=C(c3cccc4ccncc34)CC1CCC2. The van der Waals surface area contributed by atoms with Crippen LogP contribution in [0.5, 0.6) is 0 Å². The van der Waals surface area contributed by atoms with Crippen LogP contribution in [0.2, 0.25) is 0 Å². The lowest BCUT2D eigenvalue weighted by atomic mass is 9.82. The average Bonchev–Trinajstić information content (AvgIpc) is 2.77. The standard InChI is InChI=1S/C25H24N2O2/c28-25(29-17-18-6-2-1-3-7-18)27-21-9-5-10-22(27)15-20(14-21)23-11-4-8-19-12-13-26-16-24(19)23/h1-4,6-8,11-14,16,21-22H,5,9-10,15,17H2. The summed E-state index contributed by atoms with van der Waals surface area (Å²) in [4.78, 5) is 19.2. The van der Waals surface area contributed by atoms with E-state index < -0.39 is 0 Å². The van der Waals surface area contributed by atoms with Gasteiger partial charge in [-0.1, -0.05) is 54.6 Å². The number of pyridine rings is 1. The van der Waals surface area contributed by atoms with Gasteiger partial charge >= 0.3 is 6.09 Å². The van der Waals surface area contributed by atoms with Gasteiger partial charge in [-0.2, -0.15) is 0 Å². The summed E-state index contributed by atoms with van der Waals surface area (Å²) < 4.78 is 5.66. The summed E-state index contributed by atoms with van der Waals surface area (Å²) in [5.41, 5.74) is 3.58. The maximum Gasteiger partial charge on any atom is 0.410 e. The van der Waals surface area contributed by atoms with E-state index in [1.807, 2.05) is 47.6 Å². The van der Waals surface area contributed by atoms with Crippen molar-refractivity contribution in [3.05, 3.63) is 84.2 Å². The van der Waals surface area contributed by atoms with E-state index >= 15 is 0 Å². The van der Waals surface area contributed by atoms with Crippen molar-refractivity contribution in [3.63, 3.8) is 0 Å². The van der Waals surface area contributed by atoms with Gasteiger partial charge in [-0.3, -0.25) is 9.88 Å². The Morgan fingerprint density at radius 2 is 1.97 bits per heavy atom. The maximum atomic E-state index is 12.9. The monoisotopic (exact) mass is 384 g/mol. The first kappa shape index (κ1) is 17.9. The first-order valence-electron chi connectivity index (χ1n) is 10.3. The predicted molar refractivity (Wildman–Crippen MR) is 114 cm³/mol. The van der Waals surface area contributed by atoms with Crippen molar-refractivity contribution in [2.75, 3.05) is 0 Å². The molecule has 0 radical (unpaired) electrons. The molecule has 1 aromatic heterocycles. The fourth-order valence-electron chi connectivity index (χ4n) is 4.70. The van der Waals surface area contributed by atoms with Gasteiger partial charge in [-0.05, 0) is 53.8 Å². The summed E-state index contributed by atoms with van der Waals surface area (Å²) in [6, 6.07) is 18.6. The quantitative estimate of drug-likeness (QED) is 0.592. The second-order valence-corrected chi connectivity index (χ2v) is 7.90. The number of rotatable bonds is 3. The highest BCUT2D eigenvalue weighted by molar-refractivity contribution is 5.93. The minimum absolute atomic E-state index is 0.104. The van der Waals surface area contributed by atoms with Gasteiger partial charge in [0.25, 0.3) is 0 Å². The number of amides is 1. The summed E-state index contributed by atoms with van der Waals surface area (Å²) in [5, 5.41) is 2.38. The summed E-state index contributed by atoms with van der Waals surface area (Å²) in [7, 11) is 0. The molecule has 1 amide bonds. The Bertz CT molecular complexity index is 1060. The van der Waals surface area contributed by atoms with Crippen molar-refractivity contribution < 1.29 is 9.53 Å². The van der Waals surface area contributed by atoms with Crippen LogP contribution in [0, 0.1) is 0 Å². The largest absolute Gasteiger partial charge is 0.445 e. The number of carbonyl (C=O) groups excluding carboxylic acids is 1. The molecule has 4 heteroatoms. The number of hydrogen-bond donors (Lipinski definition) is 0. The van der Waals surface area contributed by atoms with Gasteiger partial charge in [-0.25, -0.2) is 4.79 Å². The van der Waals surface area contributed by atoms with Gasteiger partial charge in [0.15, 0.2) is 0 Å². The van der Waals surface area contributed by atoms with Crippen LogP contribution in [-0.4, -0.2) is 28.1 Å². The molecule has 0 saturated carbocycles. The Kier molecular flexibility index (Phi) is 4.76. The molecule has 3 heterocycles. The Balaban J connectivity index is 1.40. The molecule has 2 unspecified atom stereocenters. The van der Waals surface area contributed by atoms with Gasteiger partial charge in [0.1, 0.15) is 6.61 Å². The van der Waals surface area contributed by atoms with Crippen LogP contribution in [0.4, 0.5) is 4.79 Å². The van der Waals surface area contributed by atoms with Crippen molar-refractivity contribution in [1.82, 2.24) is 9.88 Å². The molecule has 5 rings (SSSR count). The highest BCUT2D eigenvalue weighted by atomic mass is 16.6. The number of aromatic nitrogens is 1. The molecule has 2 bridgehead atoms. The van der Waals surface area contributed by atoms with Crippen molar-refractivity contribution in [2.24, 2.45) is 0 Å². The summed E-state index contributed by atoms with van der Waals surface area (Å²) in [5.74, 6) is 0. The Labute approximate surface area is 170 Å². The summed E-state index contributed by atoms with van der Waals surface area (Å²) in [6.45, 7) is 0.321. The third-order valence-corrected chi connectivity index (χ3v) is 6.08. The molecule has 2 aliphatic rings. The Hall–Kier alpha value is -3.14. The van der Waals surface area contributed by atoms with Crippen molar-refractivity contribution in [3.8, 4) is 0 Å². The van der Waals surface area contributed by atoms with Crippen LogP contribution in [0.15, 0.2) is 73.1 Å². The fourth-order valence-corrected chi connectivity index (χ4v) is 4.70.